The Bertz CT molecular complexity index is 1060. The van der Waals surface area contributed by atoms with Crippen LogP contribution in [0.15, 0.2) is 29.1 Å². The fourth-order valence-electron chi connectivity index (χ4n) is 2.64. The first-order chi connectivity index (χ1) is 11.8. The number of nitrogen functional groups attached to an aromatic ring is 1. The number of aromatic amines is 1. The van der Waals surface area contributed by atoms with Crippen molar-refractivity contribution in [3.8, 4) is 0 Å². The van der Waals surface area contributed by atoms with E-state index in [4.69, 9.17) is 10.8 Å². The lowest BCUT2D eigenvalue weighted by atomic mass is 10.1. The minimum atomic E-state index is -1.35. The first kappa shape index (κ1) is 16.7. The van der Waals surface area contributed by atoms with E-state index in [1.165, 1.54) is 6.07 Å². The Morgan fingerprint density at radius 3 is 2.40 bits per heavy atom. The molecule has 3 aromatic rings. The molecule has 0 bridgehead atoms. The van der Waals surface area contributed by atoms with Crippen molar-refractivity contribution in [1.29, 1.82) is 0 Å². The molecule has 0 radical (unpaired) electrons. The minimum Gasteiger partial charge on any atom is -0.477 e. The van der Waals surface area contributed by atoms with Crippen LogP contribution in [0.3, 0.4) is 0 Å². The first-order valence-electron chi connectivity index (χ1n) is 7.34. The highest BCUT2D eigenvalue weighted by molar-refractivity contribution is 7.21. The van der Waals surface area contributed by atoms with Gasteiger partial charge in [0, 0.05) is 11.1 Å². The summed E-state index contributed by atoms with van der Waals surface area (Å²) in [5.74, 6) is -1.77. The Morgan fingerprint density at radius 1 is 1.16 bits per heavy atom. The van der Waals surface area contributed by atoms with E-state index in [-0.39, 0.29) is 10.6 Å². The van der Waals surface area contributed by atoms with Crippen molar-refractivity contribution in [2.45, 2.75) is 13.8 Å². The second-order valence-electron chi connectivity index (χ2n) is 5.74. The molecule has 0 unspecified atom stereocenters. The summed E-state index contributed by atoms with van der Waals surface area (Å²) in [7, 11) is 0. The standard InChI is InChI=1S/C17H15N3O4S/c1-7-3-8(2)5-9(4-7)19-15(22)13-12(18)10-6-11(17(23)24)14(21)20-16(10)25-13/h3-6H,18H2,1-2H3,(H,19,22)(H,20,21)(H,23,24). The predicted molar refractivity (Wildman–Crippen MR) is 97.7 cm³/mol. The zero-order chi connectivity index (χ0) is 18.3. The van der Waals surface area contributed by atoms with Gasteiger partial charge in [-0.05, 0) is 43.2 Å². The summed E-state index contributed by atoms with van der Waals surface area (Å²) in [6.45, 7) is 3.85. The Labute approximate surface area is 146 Å². The van der Waals surface area contributed by atoms with Gasteiger partial charge in [-0.25, -0.2) is 4.79 Å². The van der Waals surface area contributed by atoms with Crippen LogP contribution >= 0.6 is 11.3 Å². The quantitative estimate of drug-likeness (QED) is 0.573. The average molecular weight is 357 g/mol. The summed E-state index contributed by atoms with van der Waals surface area (Å²) in [5.41, 5.74) is 7.65. The highest BCUT2D eigenvalue weighted by Gasteiger charge is 2.20. The van der Waals surface area contributed by atoms with Gasteiger partial charge in [-0.2, -0.15) is 0 Å². The first-order valence-corrected chi connectivity index (χ1v) is 8.16. The number of nitrogens with two attached hydrogens (primary N) is 1. The van der Waals surface area contributed by atoms with Gasteiger partial charge in [-0.3, -0.25) is 9.59 Å². The van der Waals surface area contributed by atoms with Crippen LogP contribution in [0, 0.1) is 13.8 Å². The van der Waals surface area contributed by atoms with Gasteiger partial charge in [0.15, 0.2) is 0 Å². The number of hydrogen-bond donors (Lipinski definition) is 4. The number of aromatic carboxylic acids is 1. The van der Waals surface area contributed by atoms with E-state index in [2.05, 4.69) is 10.3 Å². The highest BCUT2D eigenvalue weighted by atomic mass is 32.1. The van der Waals surface area contributed by atoms with Gasteiger partial charge in [0.25, 0.3) is 11.5 Å². The van der Waals surface area contributed by atoms with Gasteiger partial charge in [-0.15, -0.1) is 11.3 Å². The van der Waals surface area contributed by atoms with Crippen molar-refractivity contribution < 1.29 is 14.7 Å². The zero-order valence-corrected chi connectivity index (χ0v) is 14.3. The van der Waals surface area contributed by atoms with Crippen molar-refractivity contribution >= 4 is 44.8 Å². The number of anilines is 2. The number of nitrogens with one attached hydrogen (secondary N) is 2. The molecule has 1 amide bonds. The monoisotopic (exact) mass is 357 g/mol. The summed E-state index contributed by atoms with van der Waals surface area (Å²) in [5, 5.41) is 12.2. The minimum absolute atomic E-state index is 0.139. The number of aromatic nitrogens is 1. The molecule has 0 spiro atoms. The Kier molecular flexibility index (Phi) is 4.05. The number of carboxylic acids is 1. The molecule has 5 N–H and O–H groups in total. The van der Waals surface area contributed by atoms with Crippen LogP contribution in [-0.2, 0) is 0 Å². The highest BCUT2D eigenvalue weighted by Crippen LogP contribution is 2.32. The van der Waals surface area contributed by atoms with Crippen molar-refractivity contribution in [1.82, 2.24) is 4.98 Å². The molecule has 8 heteroatoms. The van der Waals surface area contributed by atoms with Gasteiger partial charge < -0.3 is 21.1 Å². The Morgan fingerprint density at radius 2 is 1.80 bits per heavy atom. The van der Waals surface area contributed by atoms with Crippen LogP contribution in [0.4, 0.5) is 11.4 Å². The number of aryl methyl sites for hydroxylation is 2. The van der Waals surface area contributed by atoms with E-state index in [0.29, 0.717) is 15.9 Å². The lowest BCUT2D eigenvalue weighted by Gasteiger charge is -2.07. The second kappa shape index (κ2) is 6.06. The second-order valence-corrected chi connectivity index (χ2v) is 6.76. The number of pyridine rings is 1. The number of hydrogen-bond acceptors (Lipinski definition) is 5. The summed E-state index contributed by atoms with van der Waals surface area (Å²) < 4.78 is 0. The maximum absolute atomic E-state index is 12.5. The number of carbonyl (C=O) groups is 2. The summed E-state index contributed by atoms with van der Waals surface area (Å²) in [6.07, 6.45) is 0. The molecule has 3 rings (SSSR count). The summed E-state index contributed by atoms with van der Waals surface area (Å²) in [6, 6.07) is 6.84. The van der Waals surface area contributed by atoms with E-state index in [9.17, 15) is 14.4 Å². The maximum Gasteiger partial charge on any atom is 0.341 e. The van der Waals surface area contributed by atoms with Crippen LogP contribution in [-0.4, -0.2) is 22.0 Å². The van der Waals surface area contributed by atoms with Crippen molar-refractivity contribution in [2.75, 3.05) is 11.1 Å². The lowest BCUT2D eigenvalue weighted by Crippen LogP contribution is -2.16. The van der Waals surface area contributed by atoms with Crippen molar-refractivity contribution in [3.63, 3.8) is 0 Å². The molecular weight excluding hydrogens is 342 g/mol. The van der Waals surface area contributed by atoms with Crippen molar-refractivity contribution in [3.05, 3.63) is 56.2 Å². The number of benzene rings is 1. The van der Waals surface area contributed by atoms with Gasteiger partial charge in [0.1, 0.15) is 15.3 Å². The van der Waals surface area contributed by atoms with E-state index in [0.717, 1.165) is 22.5 Å². The third-order valence-electron chi connectivity index (χ3n) is 3.66. The van der Waals surface area contributed by atoms with Gasteiger partial charge >= 0.3 is 5.97 Å². The molecule has 0 aliphatic carbocycles. The van der Waals surface area contributed by atoms with Crippen LogP contribution in [0.25, 0.3) is 10.2 Å². The third kappa shape index (κ3) is 3.11. The molecule has 0 atom stereocenters. The Balaban J connectivity index is 2.03. The van der Waals surface area contributed by atoms with Crippen LogP contribution in [0.5, 0.6) is 0 Å². The summed E-state index contributed by atoms with van der Waals surface area (Å²) >= 11 is 1.01. The number of rotatable bonds is 3. The number of amides is 1. The number of fused-ring (bicyclic) bond motifs is 1. The van der Waals surface area contributed by atoms with Gasteiger partial charge in [0.05, 0.1) is 5.69 Å². The van der Waals surface area contributed by atoms with Crippen LogP contribution in [0.1, 0.15) is 31.2 Å². The third-order valence-corrected chi connectivity index (χ3v) is 4.80. The van der Waals surface area contributed by atoms with E-state index in [1.54, 1.807) is 0 Å². The molecule has 0 aliphatic heterocycles. The summed E-state index contributed by atoms with van der Waals surface area (Å²) in [4.78, 5) is 38.4. The molecular formula is C17H15N3O4S. The topological polar surface area (TPSA) is 125 Å². The zero-order valence-electron chi connectivity index (χ0n) is 13.5. The fraction of sp³-hybridized carbons (Fsp3) is 0.118. The van der Waals surface area contributed by atoms with Crippen LogP contribution in [0.2, 0.25) is 0 Å². The fourth-order valence-corrected chi connectivity index (χ4v) is 3.63. The molecule has 7 nitrogen and oxygen atoms in total. The largest absolute Gasteiger partial charge is 0.477 e. The Hall–Kier alpha value is -3.13. The number of carbonyl (C=O) groups excluding carboxylic acids is 1. The van der Waals surface area contributed by atoms with Gasteiger partial charge in [-0.1, -0.05) is 6.07 Å². The van der Waals surface area contributed by atoms with E-state index >= 15 is 0 Å². The van der Waals surface area contributed by atoms with Gasteiger partial charge in [0.2, 0.25) is 0 Å². The molecule has 1 aromatic carbocycles. The molecule has 2 aromatic heterocycles. The molecule has 0 saturated carbocycles. The molecule has 128 valence electrons. The molecule has 0 aliphatic rings. The average Bonchev–Trinajstić information content (AvgIpc) is 2.81. The van der Waals surface area contributed by atoms with Crippen LogP contribution < -0.4 is 16.6 Å². The smallest absolute Gasteiger partial charge is 0.341 e. The van der Waals surface area contributed by atoms with E-state index in [1.807, 2.05) is 32.0 Å². The normalized spacial score (nSPS) is 10.8. The predicted octanol–water partition coefficient (Wildman–Crippen LogP) is 2.74. The number of carboxylic acid groups (broad SMARTS) is 1. The van der Waals surface area contributed by atoms with E-state index < -0.39 is 23.0 Å². The SMILES string of the molecule is Cc1cc(C)cc(NC(=O)c2sc3[nH]c(=O)c(C(=O)O)cc3c2N)c1. The number of thiophene rings is 1. The number of H-pyrrole nitrogens is 1. The molecule has 25 heavy (non-hydrogen) atoms. The lowest BCUT2D eigenvalue weighted by molar-refractivity contribution is 0.0695. The molecule has 0 fully saturated rings. The molecule has 2 heterocycles. The maximum atomic E-state index is 12.5. The van der Waals surface area contributed by atoms with Crippen molar-refractivity contribution in [2.24, 2.45) is 0 Å². The molecule has 0 saturated heterocycles.